The zero-order valence-corrected chi connectivity index (χ0v) is 6.60. The minimum Gasteiger partial charge on any atom is -0.288 e. The summed E-state index contributed by atoms with van der Waals surface area (Å²) >= 11 is 0. The van der Waals surface area contributed by atoms with Gasteiger partial charge in [0.1, 0.15) is 5.82 Å². The molecule has 0 aliphatic carbocycles. The average molecular weight is 168 g/mol. The highest BCUT2D eigenvalue weighted by Gasteiger charge is 2.08. The summed E-state index contributed by atoms with van der Waals surface area (Å²) in [4.78, 5) is 11.1. The molecular weight excluding hydrogens is 159 g/mol. The van der Waals surface area contributed by atoms with Gasteiger partial charge in [0.25, 0.3) is 5.91 Å². The fourth-order valence-corrected chi connectivity index (χ4v) is 0.826. The lowest BCUT2D eigenvalue weighted by Gasteiger charge is -2.02. The number of rotatable bonds is 2. The van der Waals surface area contributed by atoms with Crippen LogP contribution in [0, 0.1) is 5.82 Å². The Morgan fingerprint density at radius 3 is 2.67 bits per heavy atom. The van der Waals surface area contributed by atoms with E-state index in [2.05, 4.69) is 10.9 Å². The second kappa shape index (κ2) is 3.82. The molecule has 0 heterocycles. The third kappa shape index (κ3) is 1.79. The molecule has 0 bridgehead atoms. The first-order valence-electron chi connectivity index (χ1n) is 3.47. The molecule has 64 valence electrons. The Hall–Kier alpha value is -1.42. The summed E-state index contributed by atoms with van der Waals surface area (Å²) in [7, 11) is 1.54. The number of carbonyl (C=O) groups is 1. The molecule has 12 heavy (non-hydrogen) atoms. The zero-order valence-electron chi connectivity index (χ0n) is 6.60. The Bertz CT molecular complexity index is 288. The van der Waals surface area contributed by atoms with Crippen LogP contribution in [0.5, 0.6) is 0 Å². The highest BCUT2D eigenvalue weighted by atomic mass is 19.1. The standard InChI is InChI=1S/C8H9FN2O/c1-10-11-8(12)6-4-2-3-5-7(6)9/h2-5,10H,1H3,(H,11,12). The lowest BCUT2D eigenvalue weighted by molar-refractivity contribution is 0.0934. The maximum atomic E-state index is 12.9. The molecule has 3 nitrogen and oxygen atoms in total. The largest absolute Gasteiger partial charge is 0.288 e. The van der Waals surface area contributed by atoms with Crippen molar-refractivity contribution in [3.63, 3.8) is 0 Å². The third-order valence-electron chi connectivity index (χ3n) is 1.36. The Morgan fingerprint density at radius 1 is 1.42 bits per heavy atom. The maximum Gasteiger partial charge on any atom is 0.268 e. The predicted molar refractivity (Wildman–Crippen MR) is 42.9 cm³/mol. The van der Waals surface area contributed by atoms with Gasteiger partial charge in [0, 0.05) is 7.05 Å². The zero-order chi connectivity index (χ0) is 8.97. The van der Waals surface area contributed by atoms with Gasteiger partial charge in [-0.1, -0.05) is 12.1 Å². The molecule has 0 aromatic heterocycles. The van der Waals surface area contributed by atoms with Crippen molar-refractivity contribution in [3.05, 3.63) is 35.6 Å². The summed E-state index contributed by atoms with van der Waals surface area (Å²) in [5.74, 6) is -0.999. The molecule has 0 spiro atoms. The summed E-state index contributed by atoms with van der Waals surface area (Å²) in [6, 6.07) is 5.80. The summed E-state index contributed by atoms with van der Waals surface area (Å²) < 4.78 is 12.9. The fourth-order valence-electron chi connectivity index (χ4n) is 0.826. The summed E-state index contributed by atoms with van der Waals surface area (Å²) in [6.07, 6.45) is 0. The van der Waals surface area contributed by atoms with E-state index < -0.39 is 11.7 Å². The smallest absolute Gasteiger partial charge is 0.268 e. The molecule has 4 heteroatoms. The summed E-state index contributed by atoms with van der Waals surface area (Å²) in [5, 5.41) is 0. The topological polar surface area (TPSA) is 41.1 Å². The van der Waals surface area contributed by atoms with Crippen LogP contribution >= 0.6 is 0 Å². The van der Waals surface area contributed by atoms with E-state index in [1.165, 1.54) is 18.2 Å². The van der Waals surface area contributed by atoms with Crippen LogP contribution in [-0.2, 0) is 0 Å². The number of halogens is 1. The molecule has 1 aromatic rings. The van der Waals surface area contributed by atoms with Crippen molar-refractivity contribution in [2.45, 2.75) is 0 Å². The number of carbonyl (C=O) groups excluding carboxylic acids is 1. The molecule has 1 rings (SSSR count). The van der Waals surface area contributed by atoms with Gasteiger partial charge in [0.05, 0.1) is 5.56 Å². The van der Waals surface area contributed by atoms with E-state index >= 15 is 0 Å². The van der Waals surface area contributed by atoms with Crippen molar-refractivity contribution in [2.75, 3.05) is 7.05 Å². The van der Waals surface area contributed by atoms with Gasteiger partial charge >= 0.3 is 0 Å². The van der Waals surface area contributed by atoms with Gasteiger partial charge in [-0.15, -0.1) is 0 Å². The number of benzene rings is 1. The van der Waals surface area contributed by atoms with Gasteiger partial charge in [-0.2, -0.15) is 0 Å². The Morgan fingerprint density at radius 2 is 2.08 bits per heavy atom. The van der Waals surface area contributed by atoms with E-state index in [0.29, 0.717) is 0 Å². The SMILES string of the molecule is CNNC(=O)c1ccccc1F. The van der Waals surface area contributed by atoms with Crippen molar-refractivity contribution >= 4 is 5.91 Å². The molecule has 0 fully saturated rings. The van der Waals surface area contributed by atoms with Crippen LogP contribution < -0.4 is 10.9 Å². The molecule has 2 N–H and O–H groups in total. The van der Waals surface area contributed by atoms with Crippen LogP contribution in [0.2, 0.25) is 0 Å². The molecular formula is C8H9FN2O. The van der Waals surface area contributed by atoms with Crippen molar-refractivity contribution in [3.8, 4) is 0 Å². The molecule has 0 radical (unpaired) electrons. The molecule has 0 saturated carbocycles. The van der Waals surface area contributed by atoms with E-state index in [1.54, 1.807) is 13.1 Å². The maximum absolute atomic E-state index is 12.9. The quantitative estimate of drug-likeness (QED) is 0.638. The molecule has 1 amide bonds. The monoisotopic (exact) mass is 168 g/mol. The number of hydrogen-bond acceptors (Lipinski definition) is 2. The van der Waals surface area contributed by atoms with Gasteiger partial charge in [-0.05, 0) is 12.1 Å². The lowest BCUT2D eigenvalue weighted by Crippen LogP contribution is -2.34. The molecule has 0 aliphatic heterocycles. The minimum absolute atomic E-state index is 0.0341. The highest BCUT2D eigenvalue weighted by Crippen LogP contribution is 2.04. The molecule has 0 atom stereocenters. The van der Waals surface area contributed by atoms with Crippen LogP contribution in [0.3, 0.4) is 0 Å². The molecule has 0 unspecified atom stereocenters. The van der Waals surface area contributed by atoms with Crippen LogP contribution in [-0.4, -0.2) is 13.0 Å². The first kappa shape index (κ1) is 8.67. The highest BCUT2D eigenvalue weighted by molar-refractivity contribution is 5.94. The van der Waals surface area contributed by atoms with Crippen LogP contribution in [0.25, 0.3) is 0 Å². The summed E-state index contributed by atoms with van der Waals surface area (Å²) in [5.41, 5.74) is 4.73. The van der Waals surface area contributed by atoms with Gasteiger partial charge in [-0.3, -0.25) is 10.2 Å². The van der Waals surface area contributed by atoms with E-state index in [-0.39, 0.29) is 5.56 Å². The Balaban J connectivity index is 2.87. The average Bonchev–Trinajstić information content (AvgIpc) is 2.05. The normalized spacial score (nSPS) is 9.50. The fraction of sp³-hybridized carbons (Fsp3) is 0.125. The summed E-state index contributed by atoms with van der Waals surface area (Å²) in [6.45, 7) is 0. The van der Waals surface area contributed by atoms with E-state index in [1.807, 2.05) is 0 Å². The third-order valence-corrected chi connectivity index (χ3v) is 1.36. The predicted octanol–water partition coefficient (Wildman–Crippen LogP) is 0.690. The lowest BCUT2D eigenvalue weighted by atomic mass is 10.2. The Labute approximate surface area is 69.6 Å². The van der Waals surface area contributed by atoms with E-state index in [9.17, 15) is 9.18 Å². The van der Waals surface area contributed by atoms with Crippen molar-refractivity contribution < 1.29 is 9.18 Å². The second-order valence-corrected chi connectivity index (χ2v) is 2.18. The Kier molecular flexibility index (Phi) is 2.76. The molecule has 0 saturated heterocycles. The van der Waals surface area contributed by atoms with Crippen molar-refractivity contribution in [2.24, 2.45) is 0 Å². The number of hydrazine groups is 1. The molecule has 1 aromatic carbocycles. The van der Waals surface area contributed by atoms with Gasteiger partial charge in [0.15, 0.2) is 0 Å². The van der Waals surface area contributed by atoms with Gasteiger partial charge in [-0.25, -0.2) is 9.82 Å². The van der Waals surface area contributed by atoms with Crippen LogP contribution in [0.4, 0.5) is 4.39 Å². The van der Waals surface area contributed by atoms with Gasteiger partial charge < -0.3 is 0 Å². The van der Waals surface area contributed by atoms with Gasteiger partial charge in [0.2, 0.25) is 0 Å². The van der Waals surface area contributed by atoms with Crippen molar-refractivity contribution in [1.29, 1.82) is 0 Å². The number of hydrogen-bond donors (Lipinski definition) is 2. The first-order valence-corrected chi connectivity index (χ1v) is 3.47. The van der Waals surface area contributed by atoms with Crippen molar-refractivity contribution in [1.82, 2.24) is 10.9 Å². The van der Waals surface area contributed by atoms with E-state index in [0.717, 1.165) is 0 Å². The minimum atomic E-state index is -0.523. The number of amides is 1. The number of nitrogens with one attached hydrogen (secondary N) is 2. The molecule has 0 aliphatic rings. The van der Waals surface area contributed by atoms with Crippen LogP contribution in [0.15, 0.2) is 24.3 Å². The van der Waals surface area contributed by atoms with Crippen LogP contribution in [0.1, 0.15) is 10.4 Å². The second-order valence-electron chi connectivity index (χ2n) is 2.18. The van der Waals surface area contributed by atoms with E-state index in [4.69, 9.17) is 0 Å². The first-order chi connectivity index (χ1) is 5.75.